The van der Waals surface area contributed by atoms with Crippen LogP contribution >= 0.6 is 0 Å². The number of halogens is 3. The number of para-hydroxylation sites is 1. The number of nitrogens with one attached hydrogen (secondary N) is 1. The molecule has 1 aliphatic heterocycles. The Balaban J connectivity index is 1.85. The van der Waals surface area contributed by atoms with Crippen LogP contribution in [0.1, 0.15) is 38.8 Å². The fourth-order valence-electron chi connectivity index (χ4n) is 3.35. The lowest BCUT2D eigenvalue weighted by Crippen LogP contribution is -2.44. The molecule has 188 valence electrons. The highest BCUT2D eigenvalue weighted by Crippen LogP contribution is 2.27. The quantitative estimate of drug-likeness (QED) is 0.452. The number of carbonyl (C=O) groups excluding carboxylic acids is 1. The van der Waals surface area contributed by atoms with Gasteiger partial charge in [-0.15, -0.1) is 0 Å². The van der Waals surface area contributed by atoms with Gasteiger partial charge in [0.15, 0.2) is 0 Å². The average molecular weight is 491 g/mol. The van der Waals surface area contributed by atoms with Gasteiger partial charge in [-0.25, -0.2) is 14.8 Å². The van der Waals surface area contributed by atoms with Crippen LogP contribution in [-0.4, -0.2) is 47.6 Å². The molecular weight excluding hydrogens is 461 g/mol. The number of alkyl halides is 3. The van der Waals surface area contributed by atoms with Gasteiger partial charge in [-0.3, -0.25) is 5.32 Å². The van der Waals surface area contributed by atoms with E-state index in [1.54, 1.807) is 20.8 Å². The molecule has 0 saturated heterocycles. The molecule has 0 aromatic heterocycles. The Bertz CT molecular complexity index is 1080. The largest absolute Gasteiger partial charge is 0.488 e. The van der Waals surface area contributed by atoms with Gasteiger partial charge < -0.3 is 9.47 Å². The number of ether oxygens (including phenoxy) is 2. The molecule has 0 saturated carbocycles. The Morgan fingerprint density at radius 3 is 2.43 bits per heavy atom. The van der Waals surface area contributed by atoms with E-state index in [0.717, 1.165) is 5.56 Å². The summed E-state index contributed by atoms with van der Waals surface area (Å²) < 4.78 is 49.9. The van der Waals surface area contributed by atoms with Crippen molar-refractivity contribution in [3.8, 4) is 5.75 Å². The molecule has 10 heteroatoms. The number of aliphatic imine (C=N–C) groups is 1. The molecule has 1 N–H and O–H groups in total. The molecule has 1 heterocycles. The van der Waals surface area contributed by atoms with E-state index < -0.39 is 24.4 Å². The van der Waals surface area contributed by atoms with Gasteiger partial charge in [0.1, 0.15) is 24.5 Å². The molecule has 3 rings (SSSR count). The van der Waals surface area contributed by atoms with Crippen molar-refractivity contribution >= 4 is 17.8 Å². The third-order valence-electron chi connectivity index (χ3n) is 4.81. The third-order valence-corrected chi connectivity index (χ3v) is 4.81. The monoisotopic (exact) mass is 490 g/mol. The normalized spacial score (nSPS) is 16.7. The number of amides is 1. The number of hydrazone groups is 1. The molecule has 0 bridgehead atoms. The minimum Gasteiger partial charge on any atom is -0.488 e. The number of nitrogens with zero attached hydrogens (tertiary/aromatic N) is 3. The van der Waals surface area contributed by atoms with Gasteiger partial charge in [0.05, 0.1) is 12.3 Å². The summed E-state index contributed by atoms with van der Waals surface area (Å²) in [7, 11) is 0. The van der Waals surface area contributed by atoms with Gasteiger partial charge in [-0.05, 0) is 38.5 Å². The molecule has 7 nitrogen and oxygen atoms in total. The maximum Gasteiger partial charge on any atom is 0.414 e. The standard InChI is InChI=1S/C25H29F3N4O3/c1-17-14-32(22(29-16-25(26,27)28)30-23(33)35-24(2,3)4)31-21(17)19-12-8-9-13-20(19)34-15-18-10-6-5-7-11-18/h5-13,17H,14-16H2,1-4H3,(H,29,30,33). The number of alkyl carbamates (subject to hydrolysis) is 1. The van der Waals surface area contributed by atoms with Gasteiger partial charge >= 0.3 is 12.3 Å². The maximum absolute atomic E-state index is 12.9. The van der Waals surface area contributed by atoms with Gasteiger partial charge in [-0.1, -0.05) is 49.4 Å². The molecule has 35 heavy (non-hydrogen) atoms. The first-order chi connectivity index (χ1) is 16.4. The molecule has 0 radical (unpaired) electrons. The van der Waals surface area contributed by atoms with Crippen LogP contribution in [0.3, 0.4) is 0 Å². The summed E-state index contributed by atoms with van der Waals surface area (Å²) >= 11 is 0. The van der Waals surface area contributed by atoms with Crippen LogP contribution in [0.4, 0.5) is 18.0 Å². The van der Waals surface area contributed by atoms with Crippen LogP contribution < -0.4 is 10.1 Å². The first-order valence-corrected chi connectivity index (χ1v) is 11.1. The number of hydrogen-bond acceptors (Lipinski definition) is 5. The zero-order chi connectivity index (χ0) is 25.6. The molecule has 0 spiro atoms. The van der Waals surface area contributed by atoms with Crippen molar-refractivity contribution in [3.05, 3.63) is 65.7 Å². The number of rotatable bonds is 5. The van der Waals surface area contributed by atoms with Crippen LogP contribution in [0.15, 0.2) is 64.7 Å². The average Bonchev–Trinajstić information content (AvgIpc) is 3.15. The number of benzene rings is 2. The summed E-state index contributed by atoms with van der Waals surface area (Å²) in [6, 6.07) is 17.0. The Labute approximate surface area is 202 Å². The number of hydrogen-bond donors (Lipinski definition) is 1. The van der Waals surface area contributed by atoms with E-state index in [4.69, 9.17) is 9.47 Å². The van der Waals surface area contributed by atoms with E-state index in [1.165, 1.54) is 5.01 Å². The summed E-state index contributed by atoms with van der Waals surface area (Å²) in [6.45, 7) is 5.95. The highest BCUT2D eigenvalue weighted by molar-refractivity contribution is 6.07. The molecular formula is C25H29F3N4O3. The van der Waals surface area contributed by atoms with E-state index in [0.29, 0.717) is 23.6 Å². The number of guanidine groups is 1. The van der Waals surface area contributed by atoms with Crippen molar-refractivity contribution in [1.29, 1.82) is 0 Å². The first kappa shape index (κ1) is 26.1. The van der Waals surface area contributed by atoms with Crippen LogP contribution in [0, 0.1) is 5.92 Å². The van der Waals surface area contributed by atoms with E-state index in [1.807, 2.05) is 61.5 Å². The van der Waals surface area contributed by atoms with Gasteiger partial charge in [0, 0.05) is 11.5 Å². The van der Waals surface area contributed by atoms with E-state index in [-0.39, 0.29) is 18.4 Å². The molecule has 1 atom stereocenters. The fraction of sp³-hybridized carbons (Fsp3) is 0.400. The second kappa shape index (κ2) is 10.8. The van der Waals surface area contributed by atoms with Crippen molar-refractivity contribution in [1.82, 2.24) is 10.3 Å². The lowest BCUT2D eigenvalue weighted by atomic mass is 9.98. The van der Waals surface area contributed by atoms with Crippen LogP contribution in [-0.2, 0) is 11.3 Å². The highest BCUT2D eigenvalue weighted by Gasteiger charge is 2.32. The molecule has 1 amide bonds. The minimum atomic E-state index is -4.55. The Morgan fingerprint density at radius 2 is 1.77 bits per heavy atom. The van der Waals surface area contributed by atoms with Crippen molar-refractivity contribution in [2.24, 2.45) is 16.0 Å². The summed E-state index contributed by atoms with van der Waals surface area (Å²) in [5, 5.41) is 8.08. The Kier molecular flexibility index (Phi) is 8.03. The minimum absolute atomic E-state index is 0.173. The second-order valence-electron chi connectivity index (χ2n) is 9.12. The Morgan fingerprint density at radius 1 is 1.11 bits per heavy atom. The van der Waals surface area contributed by atoms with E-state index in [9.17, 15) is 18.0 Å². The first-order valence-electron chi connectivity index (χ1n) is 11.1. The zero-order valence-corrected chi connectivity index (χ0v) is 20.1. The molecule has 0 aliphatic carbocycles. The lowest BCUT2D eigenvalue weighted by Gasteiger charge is -2.22. The molecule has 2 aromatic carbocycles. The summed E-state index contributed by atoms with van der Waals surface area (Å²) in [6.07, 6.45) is -5.46. The van der Waals surface area contributed by atoms with Crippen molar-refractivity contribution < 1.29 is 27.4 Å². The fourth-order valence-corrected chi connectivity index (χ4v) is 3.35. The van der Waals surface area contributed by atoms with Crippen molar-refractivity contribution in [2.75, 3.05) is 13.1 Å². The van der Waals surface area contributed by atoms with Crippen LogP contribution in [0.25, 0.3) is 0 Å². The van der Waals surface area contributed by atoms with Crippen LogP contribution in [0.5, 0.6) is 5.75 Å². The predicted molar refractivity (Wildman–Crippen MR) is 127 cm³/mol. The van der Waals surface area contributed by atoms with E-state index >= 15 is 0 Å². The second-order valence-corrected chi connectivity index (χ2v) is 9.12. The van der Waals surface area contributed by atoms with Crippen LogP contribution in [0.2, 0.25) is 0 Å². The molecule has 1 aliphatic rings. The van der Waals surface area contributed by atoms with Gasteiger partial charge in [0.2, 0.25) is 5.96 Å². The molecule has 2 aromatic rings. The summed E-state index contributed by atoms with van der Waals surface area (Å²) in [5.41, 5.74) is 1.49. The zero-order valence-electron chi connectivity index (χ0n) is 20.1. The lowest BCUT2D eigenvalue weighted by molar-refractivity contribution is -0.118. The summed E-state index contributed by atoms with van der Waals surface area (Å²) in [5.74, 6) is 0.0896. The predicted octanol–water partition coefficient (Wildman–Crippen LogP) is 5.36. The maximum atomic E-state index is 12.9. The van der Waals surface area contributed by atoms with Crippen molar-refractivity contribution in [3.63, 3.8) is 0 Å². The SMILES string of the molecule is CC1CN(C(=NCC(F)(F)F)NC(=O)OC(C)(C)C)N=C1c1ccccc1OCc1ccccc1. The molecule has 1 unspecified atom stereocenters. The topological polar surface area (TPSA) is 75.5 Å². The van der Waals surface area contributed by atoms with Gasteiger partial charge in [-0.2, -0.15) is 18.3 Å². The van der Waals surface area contributed by atoms with E-state index in [2.05, 4.69) is 15.4 Å². The molecule has 0 fully saturated rings. The smallest absolute Gasteiger partial charge is 0.414 e. The Hall–Kier alpha value is -3.56. The number of carbonyl (C=O) groups is 1. The van der Waals surface area contributed by atoms with Crippen molar-refractivity contribution in [2.45, 2.75) is 46.1 Å². The van der Waals surface area contributed by atoms with Gasteiger partial charge in [0.25, 0.3) is 0 Å². The summed E-state index contributed by atoms with van der Waals surface area (Å²) in [4.78, 5) is 15.8. The third kappa shape index (κ3) is 8.01. The highest BCUT2D eigenvalue weighted by atomic mass is 19.4.